The number of rotatable bonds is 4. The summed E-state index contributed by atoms with van der Waals surface area (Å²) in [5, 5.41) is 15.2. The SMILES string of the molecule is Cn1cc(C2CCCN2c2ccc([N+](=O)[O-])cc2S(C)(=O)=O)cn1. The van der Waals surface area contributed by atoms with Gasteiger partial charge in [-0.15, -0.1) is 0 Å². The molecule has 2 aromatic rings. The molecular weight excluding hydrogens is 332 g/mol. The molecule has 1 aromatic carbocycles. The van der Waals surface area contributed by atoms with Crippen LogP contribution < -0.4 is 4.90 Å². The summed E-state index contributed by atoms with van der Waals surface area (Å²) in [5.74, 6) is 0. The maximum absolute atomic E-state index is 12.2. The van der Waals surface area contributed by atoms with Crippen molar-refractivity contribution in [3.05, 3.63) is 46.3 Å². The number of non-ortho nitro benzene ring substituents is 1. The third-order valence-corrected chi connectivity index (χ3v) is 5.35. The highest BCUT2D eigenvalue weighted by atomic mass is 32.2. The minimum atomic E-state index is -3.59. The van der Waals surface area contributed by atoms with Crippen LogP contribution in [-0.2, 0) is 16.9 Å². The second-order valence-corrected chi connectivity index (χ2v) is 7.96. The van der Waals surface area contributed by atoms with Crippen molar-refractivity contribution in [1.82, 2.24) is 9.78 Å². The molecule has 1 aliphatic heterocycles. The van der Waals surface area contributed by atoms with E-state index < -0.39 is 14.8 Å². The van der Waals surface area contributed by atoms with Crippen LogP contribution in [0.3, 0.4) is 0 Å². The van der Waals surface area contributed by atoms with Gasteiger partial charge in [0.15, 0.2) is 9.84 Å². The third-order valence-electron chi connectivity index (χ3n) is 4.23. The first kappa shape index (κ1) is 16.4. The molecule has 0 aliphatic carbocycles. The van der Waals surface area contributed by atoms with Gasteiger partial charge in [-0.05, 0) is 18.9 Å². The zero-order valence-electron chi connectivity index (χ0n) is 13.4. The van der Waals surface area contributed by atoms with E-state index in [2.05, 4.69) is 5.10 Å². The highest BCUT2D eigenvalue weighted by Gasteiger charge is 2.31. The first-order chi connectivity index (χ1) is 11.3. The van der Waals surface area contributed by atoms with Crippen molar-refractivity contribution in [2.75, 3.05) is 17.7 Å². The summed E-state index contributed by atoms with van der Waals surface area (Å²) in [6, 6.07) is 4.04. The van der Waals surface area contributed by atoms with Gasteiger partial charge in [0.1, 0.15) is 0 Å². The Morgan fingerprint density at radius 3 is 2.71 bits per heavy atom. The Labute approximate surface area is 139 Å². The monoisotopic (exact) mass is 350 g/mol. The summed E-state index contributed by atoms with van der Waals surface area (Å²) >= 11 is 0. The molecule has 0 spiro atoms. The number of anilines is 1. The molecule has 2 heterocycles. The number of benzene rings is 1. The van der Waals surface area contributed by atoms with Crippen LogP contribution in [0, 0.1) is 10.1 Å². The third kappa shape index (κ3) is 2.99. The van der Waals surface area contributed by atoms with Gasteiger partial charge >= 0.3 is 0 Å². The molecule has 0 N–H and O–H groups in total. The standard InChI is InChI=1S/C15H18N4O4S/c1-17-10-11(9-16-17)13-4-3-7-18(13)14-6-5-12(19(20)21)8-15(14)24(2,22)23/h5-6,8-10,13H,3-4,7H2,1-2H3. The highest BCUT2D eigenvalue weighted by molar-refractivity contribution is 7.90. The Bertz CT molecular complexity index is 891. The fourth-order valence-electron chi connectivity index (χ4n) is 3.16. The summed E-state index contributed by atoms with van der Waals surface area (Å²) in [6.45, 7) is 0.694. The average Bonchev–Trinajstić information content (AvgIpc) is 3.14. The number of aromatic nitrogens is 2. The van der Waals surface area contributed by atoms with E-state index in [0.29, 0.717) is 12.2 Å². The van der Waals surface area contributed by atoms with E-state index in [4.69, 9.17) is 0 Å². The summed E-state index contributed by atoms with van der Waals surface area (Å²) in [5.41, 5.74) is 1.29. The Morgan fingerprint density at radius 2 is 2.12 bits per heavy atom. The van der Waals surface area contributed by atoms with Gasteiger partial charge in [0.25, 0.3) is 5.69 Å². The van der Waals surface area contributed by atoms with Gasteiger partial charge < -0.3 is 4.90 Å². The Morgan fingerprint density at radius 1 is 1.38 bits per heavy atom. The van der Waals surface area contributed by atoms with E-state index >= 15 is 0 Å². The van der Waals surface area contributed by atoms with Crippen LogP contribution in [0.1, 0.15) is 24.4 Å². The number of hydrogen-bond donors (Lipinski definition) is 0. The van der Waals surface area contributed by atoms with Crippen LogP contribution in [-0.4, -0.2) is 35.9 Å². The van der Waals surface area contributed by atoms with Gasteiger partial charge in [0, 0.05) is 43.7 Å². The molecule has 1 aromatic heterocycles. The number of aryl methyl sites for hydroxylation is 1. The maximum atomic E-state index is 12.2. The topological polar surface area (TPSA) is 98.3 Å². The fraction of sp³-hybridized carbons (Fsp3) is 0.400. The van der Waals surface area contributed by atoms with Crippen LogP contribution in [0.15, 0.2) is 35.5 Å². The minimum Gasteiger partial charge on any atom is -0.363 e. The largest absolute Gasteiger partial charge is 0.363 e. The number of nitro groups is 1. The van der Waals surface area contributed by atoms with Crippen LogP contribution in [0.25, 0.3) is 0 Å². The maximum Gasteiger partial charge on any atom is 0.270 e. The van der Waals surface area contributed by atoms with E-state index in [9.17, 15) is 18.5 Å². The minimum absolute atomic E-state index is 0.00695. The van der Waals surface area contributed by atoms with Gasteiger partial charge in [-0.1, -0.05) is 0 Å². The number of nitro benzene ring substituents is 1. The number of sulfone groups is 1. The lowest BCUT2D eigenvalue weighted by Crippen LogP contribution is -2.24. The Kier molecular flexibility index (Phi) is 4.04. The molecule has 1 unspecified atom stereocenters. The lowest BCUT2D eigenvalue weighted by atomic mass is 10.1. The van der Waals surface area contributed by atoms with E-state index in [1.165, 1.54) is 12.1 Å². The van der Waals surface area contributed by atoms with Crippen molar-refractivity contribution >= 4 is 21.2 Å². The van der Waals surface area contributed by atoms with Crippen molar-refractivity contribution in [1.29, 1.82) is 0 Å². The molecule has 0 radical (unpaired) electrons. The number of hydrogen-bond acceptors (Lipinski definition) is 6. The van der Waals surface area contributed by atoms with Crippen molar-refractivity contribution in [2.24, 2.45) is 7.05 Å². The first-order valence-corrected chi connectivity index (χ1v) is 9.40. The van der Waals surface area contributed by atoms with Crippen LogP contribution >= 0.6 is 0 Å². The predicted molar refractivity (Wildman–Crippen MR) is 88.7 cm³/mol. The molecule has 128 valence electrons. The molecule has 9 heteroatoms. The van der Waals surface area contributed by atoms with Crippen molar-refractivity contribution in [3.63, 3.8) is 0 Å². The average molecular weight is 350 g/mol. The highest BCUT2D eigenvalue weighted by Crippen LogP contribution is 2.40. The van der Waals surface area contributed by atoms with Gasteiger partial charge in [0.2, 0.25) is 0 Å². The summed E-state index contributed by atoms with van der Waals surface area (Å²) < 4.78 is 26.0. The van der Waals surface area contributed by atoms with Crippen molar-refractivity contribution in [2.45, 2.75) is 23.8 Å². The summed E-state index contributed by atoms with van der Waals surface area (Å²) in [6.07, 6.45) is 6.55. The zero-order valence-corrected chi connectivity index (χ0v) is 14.2. The zero-order chi connectivity index (χ0) is 17.5. The van der Waals surface area contributed by atoms with Gasteiger partial charge in [-0.25, -0.2) is 8.42 Å². The lowest BCUT2D eigenvalue weighted by molar-refractivity contribution is -0.385. The van der Waals surface area contributed by atoms with E-state index in [1.54, 1.807) is 10.9 Å². The molecule has 1 fully saturated rings. The molecule has 0 bridgehead atoms. The van der Waals surface area contributed by atoms with E-state index in [1.807, 2.05) is 18.1 Å². The smallest absolute Gasteiger partial charge is 0.270 e. The van der Waals surface area contributed by atoms with Gasteiger partial charge in [-0.2, -0.15) is 5.10 Å². The lowest BCUT2D eigenvalue weighted by Gasteiger charge is -2.27. The molecule has 8 nitrogen and oxygen atoms in total. The second kappa shape index (κ2) is 5.90. The molecule has 24 heavy (non-hydrogen) atoms. The Hall–Kier alpha value is -2.42. The molecule has 3 rings (SSSR count). The van der Waals surface area contributed by atoms with E-state index in [-0.39, 0.29) is 16.6 Å². The first-order valence-electron chi connectivity index (χ1n) is 7.51. The Balaban J connectivity index is 2.09. The molecule has 0 saturated carbocycles. The van der Waals surface area contributed by atoms with Crippen LogP contribution in [0.5, 0.6) is 0 Å². The van der Waals surface area contributed by atoms with Crippen molar-refractivity contribution < 1.29 is 13.3 Å². The van der Waals surface area contributed by atoms with Gasteiger partial charge in [0.05, 0.1) is 27.7 Å². The molecule has 1 saturated heterocycles. The van der Waals surface area contributed by atoms with Crippen LogP contribution in [0.2, 0.25) is 0 Å². The predicted octanol–water partition coefficient (Wildman–Crippen LogP) is 2.07. The number of nitrogens with zero attached hydrogens (tertiary/aromatic N) is 4. The van der Waals surface area contributed by atoms with Crippen LogP contribution in [0.4, 0.5) is 11.4 Å². The fourth-order valence-corrected chi connectivity index (χ4v) is 4.06. The summed E-state index contributed by atoms with van der Waals surface area (Å²) in [4.78, 5) is 12.4. The van der Waals surface area contributed by atoms with Gasteiger partial charge in [-0.3, -0.25) is 14.8 Å². The molecule has 1 aliphatic rings. The molecule has 0 amide bonds. The second-order valence-electron chi connectivity index (χ2n) is 5.98. The van der Waals surface area contributed by atoms with E-state index in [0.717, 1.165) is 30.7 Å². The molecular formula is C15H18N4O4S. The van der Waals surface area contributed by atoms with Crippen molar-refractivity contribution in [3.8, 4) is 0 Å². The quantitative estimate of drug-likeness (QED) is 0.618. The normalized spacial score (nSPS) is 18.1. The molecule has 1 atom stereocenters. The summed E-state index contributed by atoms with van der Waals surface area (Å²) in [7, 11) is -1.76.